The van der Waals surface area contributed by atoms with Gasteiger partial charge < -0.3 is 10.2 Å². The molecular formula is C21H26N2O2S. The third-order valence-electron chi connectivity index (χ3n) is 4.90. The van der Waals surface area contributed by atoms with Crippen molar-refractivity contribution < 1.29 is 9.59 Å². The second kappa shape index (κ2) is 8.99. The van der Waals surface area contributed by atoms with Crippen LogP contribution in [-0.4, -0.2) is 29.3 Å². The van der Waals surface area contributed by atoms with Crippen LogP contribution in [0.4, 0.5) is 0 Å². The molecule has 2 aromatic rings. The first-order valence-corrected chi connectivity index (χ1v) is 10.1. The summed E-state index contributed by atoms with van der Waals surface area (Å²) in [4.78, 5) is 28.9. The largest absolute Gasteiger partial charge is 0.342 e. The fourth-order valence-electron chi connectivity index (χ4n) is 3.49. The van der Waals surface area contributed by atoms with Gasteiger partial charge in [-0.05, 0) is 37.5 Å². The van der Waals surface area contributed by atoms with E-state index in [1.807, 2.05) is 42.2 Å². The standard InChI is InChI=1S/C21H26N2O2S/c1-16-12-13-19(26-16)21(25)22-14-20(24)23(18-10-6-3-7-11-18)15-17-8-4-2-5-9-17/h2,4-5,8-9,12-13,18H,3,6-7,10-11,14-15H2,1H3,(H,22,25). The van der Waals surface area contributed by atoms with Gasteiger partial charge >= 0.3 is 0 Å². The maximum atomic E-state index is 12.9. The minimum Gasteiger partial charge on any atom is -0.342 e. The summed E-state index contributed by atoms with van der Waals surface area (Å²) in [6.07, 6.45) is 5.69. The second-order valence-electron chi connectivity index (χ2n) is 6.89. The SMILES string of the molecule is Cc1ccc(C(=O)NCC(=O)N(Cc2ccccc2)C2CCCCC2)s1. The van der Waals surface area contributed by atoms with Crippen LogP contribution in [0.15, 0.2) is 42.5 Å². The van der Waals surface area contributed by atoms with Gasteiger partial charge in [0.1, 0.15) is 0 Å². The number of thiophene rings is 1. The molecule has 1 aliphatic carbocycles. The van der Waals surface area contributed by atoms with E-state index in [0.29, 0.717) is 11.4 Å². The molecular weight excluding hydrogens is 344 g/mol. The van der Waals surface area contributed by atoms with E-state index in [2.05, 4.69) is 17.4 Å². The molecule has 1 aromatic heterocycles. The fourth-order valence-corrected chi connectivity index (χ4v) is 4.28. The van der Waals surface area contributed by atoms with Crippen molar-refractivity contribution in [3.05, 3.63) is 57.8 Å². The molecule has 0 atom stereocenters. The van der Waals surface area contributed by atoms with E-state index in [9.17, 15) is 9.59 Å². The van der Waals surface area contributed by atoms with Gasteiger partial charge in [-0.15, -0.1) is 11.3 Å². The Hall–Kier alpha value is -2.14. The first-order chi connectivity index (χ1) is 12.6. The third-order valence-corrected chi connectivity index (χ3v) is 5.90. The Morgan fingerprint density at radius 1 is 1.08 bits per heavy atom. The van der Waals surface area contributed by atoms with Crippen molar-refractivity contribution in [2.24, 2.45) is 0 Å². The van der Waals surface area contributed by atoms with Gasteiger partial charge in [0, 0.05) is 17.5 Å². The highest BCUT2D eigenvalue weighted by Gasteiger charge is 2.25. The van der Waals surface area contributed by atoms with E-state index in [4.69, 9.17) is 0 Å². The number of hydrogen-bond acceptors (Lipinski definition) is 3. The van der Waals surface area contributed by atoms with Crippen LogP contribution < -0.4 is 5.32 Å². The highest BCUT2D eigenvalue weighted by molar-refractivity contribution is 7.13. The second-order valence-corrected chi connectivity index (χ2v) is 8.18. The van der Waals surface area contributed by atoms with Crippen molar-refractivity contribution in [2.45, 2.75) is 51.6 Å². The van der Waals surface area contributed by atoms with Crippen molar-refractivity contribution in [3.63, 3.8) is 0 Å². The van der Waals surface area contributed by atoms with Gasteiger partial charge in [-0.1, -0.05) is 49.6 Å². The molecule has 2 amide bonds. The molecule has 0 unspecified atom stereocenters. The zero-order chi connectivity index (χ0) is 18.4. The summed E-state index contributed by atoms with van der Waals surface area (Å²) in [7, 11) is 0. The molecule has 1 heterocycles. The lowest BCUT2D eigenvalue weighted by molar-refractivity contribution is -0.133. The number of rotatable bonds is 6. The average Bonchev–Trinajstić information content (AvgIpc) is 3.12. The zero-order valence-electron chi connectivity index (χ0n) is 15.2. The van der Waals surface area contributed by atoms with Gasteiger partial charge in [-0.2, -0.15) is 0 Å². The van der Waals surface area contributed by atoms with Crippen LogP contribution in [0.3, 0.4) is 0 Å². The van der Waals surface area contributed by atoms with E-state index in [1.54, 1.807) is 0 Å². The number of carbonyl (C=O) groups is 2. The topological polar surface area (TPSA) is 49.4 Å². The van der Waals surface area contributed by atoms with Crippen LogP contribution in [-0.2, 0) is 11.3 Å². The fraction of sp³-hybridized carbons (Fsp3) is 0.429. The van der Waals surface area contributed by atoms with Gasteiger partial charge in [0.25, 0.3) is 5.91 Å². The van der Waals surface area contributed by atoms with Crippen LogP contribution in [0.5, 0.6) is 0 Å². The van der Waals surface area contributed by atoms with Crippen molar-refractivity contribution in [3.8, 4) is 0 Å². The summed E-state index contributed by atoms with van der Waals surface area (Å²) in [5.74, 6) is -0.165. The number of amides is 2. The number of aryl methyl sites for hydroxylation is 1. The molecule has 1 aromatic carbocycles. The number of benzene rings is 1. The zero-order valence-corrected chi connectivity index (χ0v) is 16.1. The first kappa shape index (κ1) is 18.6. The van der Waals surface area contributed by atoms with Crippen molar-refractivity contribution in [1.29, 1.82) is 0 Å². The molecule has 1 fully saturated rings. The molecule has 4 nitrogen and oxygen atoms in total. The van der Waals surface area contributed by atoms with Crippen LogP contribution in [0.25, 0.3) is 0 Å². The lowest BCUT2D eigenvalue weighted by Gasteiger charge is -2.34. The monoisotopic (exact) mass is 370 g/mol. The van der Waals surface area contributed by atoms with Crippen LogP contribution in [0.2, 0.25) is 0 Å². The number of nitrogens with zero attached hydrogens (tertiary/aromatic N) is 1. The summed E-state index contributed by atoms with van der Waals surface area (Å²) in [5.41, 5.74) is 1.13. The predicted molar refractivity (Wildman–Crippen MR) is 105 cm³/mol. The predicted octanol–water partition coefficient (Wildman–Crippen LogP) is 4.15. The van der Waals surface area contributed by atoms with E-state index in [1.165, 1.54) is 30.6 Å². The Morgan fingerprint density at radius 3 is 2.46 bits per heavy atom. The quantitative estimate of drug-likeness (QED) is 0.830. The van der Waals surface area contributed by atoms with Gasteiger partial charge in [0.2, 0.25) is 5.91 Å². The summed E-state index contributed by atoms with van der Waals surface area (Å²) >= 11 is 1.45. The molecule has 0 saturated heterocycles. The molecule has 0 aliphatic heterocycles. The molecule has 138 valence electrons. The molecule has 0 radical (unpaired) electrons. The number of carbonyl (C=O) groups excluding carboxylic acids is 2. The van der Waals surface area contributed by atoms with E-state index in [0.717, 1.165) is 23.3 Å². The van der Waals surface area contributed by atoms with Crippen molar-refractivity contribution >= 4 is 23.2 Å². The Balaban J connectivity index is 1.64. The molecule has 26 heavy (non-hydrogen) atoms. The van der Waals surface area contributed by atoms with Crippen LogP contribution >= 0.6 is 11.3 Å². The highest BCUT2D eigenvalue weighted by Crippen LogP contribution is 2.24. The number of hydrogen-bond donors (Lipinski definition) is 1. The Bertz CT molecular complexity index is 735. The van der Waals surface area contributed by atoms with Gasteiger partial charge in [0.15, 0.2) is 0 Å². The molecule has 0 spiro atoms. The smallest absolute Gasteiger partial charge is 0.261 e. The summed E-state index contributed by atoms with van der Waals surface area (Å²) in [6, 6.07) is 14.1. The summed E-state index contributed by atoms with van der Waals surface area (Å²) < 4.78 is 0. The Morgan fingerprint density at radius 2 is 1.81 bits per heavy atom. The van der Waals surface area contributed by atoms with Crippen molar-refractivity contribution in [2.75, 3.05) is 6.54 Å². The normalized spacial score (nSPS) is 14.8. The molecule has 5 heteroatoms. The van der Waals surface area contributed by atoms with Gasteiger partial charge in [-0.3, -0.25) is 9.59 Å². The minimum absolute atomic E-state index is 0.00220. The first-order valence-electron chi connectivity index (χ1n) is 9.31. The Kier molecular flexibility index (Phi) is 6.45. The molecule has 1 saturated carbocycles. The van der Waals surface area contributed by atoms with E-state index >= 15 is 0 Å². The summed E-state index contributed by atoms with van der Waals surface area (Å²) in [6.45, 7) is 2.63. The van der Waals surface area contributed by atoms with E-state index < -0.39 is 0 Å². The molecule has 1 aliphatic rings. The maximum absolute atomic E-state index is 12.9. The van der Waals surface area contributed by atoms with E-state index in [-0.39, 0.29) is 24.4 Å². The third kappa shape index (κ3) is 4.94. The Labute approximate surface area is 159 Å². The molecule has 3 rings (SSSR count). The van der Waals surface area contributed by atoms with Crippen molar-refractivity contribution in [1.82, 2.24) is 10.2 Å². The van der Waals surface area contributed by atoms with Gasteiger partial charge in [-0.25, -0.2) is 0 Å². The lowest BCUT2D eigenvalue weighted by Crippen LogP contribution is -2.45. The minimum atomic E-state index is -0.167. The average molecular weight is 371 g/mol. The highest BCUT2D eigenvalue weighted by atomic mass is 32.1. The van der Waals surface area contributed by atoms with Crippen LogP contribution in [0, 0.1) is 6.92 Å². The molecule has 0 bridgehead atoms. The van der Waals surface area contributed by atoms with Gasteiger partial charge in [0.05, 0.1) is 11.4 Å². The number of nitrogens with one attached hydrogen (secondary N) is 1. The lowest BCUT2D eigenvalue weighted by atomic mass is 9.93. The maximum Gasteiger partial charge on any atom is 0.261 e. The van der Waals surface area contributed by atoms with Crippen LogP contribution in [0.1, 0.15) is 52.2 Å². The summed E-state index contributed by atoms with van der Waals surface area (Å²) in [5, 5.41) is 2.80. The molecule has 1 N–H and O–H groups in total.